The van der Waals surface area contributed by atoms with Gasteiger partial charge in [0.25, 0.3) is 0 Å². The van der Waals surface area contributed by atoms with Gasteiger partial charge in [0, 0.05) is 6.08 Å². The lowest BCUT2D eigenvalue weighted by atomic mass is 10.0. The van der Waals surface area contributed by atoms with Crippen molar-refractivity contribution in [3.8, 4) is 0 Å². The smallest absolute Gasteiger partial charge is 0.326 e. The summed E-state index contributed by atoms with van der Waals surface area (Å²) in [5, 5.41) is 11.4. The molecule has 0 spiro atoms. The highest BCUT2D eigenvalue weighted by molar-refractivity contribution is 5.94. The van der Waals surface area contributed by atoms with Crippen LogP contribution in [0.15, 0.2) is 30.3 Å². The summed E-state index contributed by atoms with van der Waals surface area (Å²) in [5.41, 5.74) is 0.538. The zero-order valence-electron chi connectivity index (χ0n) is 11.5. The van der Waals surface area contributed by atoms with Crippen LogP contribution >= 0.6 is 0 Å². The average Bonchev–Trinajstić information content (AvgIpc) is 2.35. The first-order chi connectivity index (χ1) is 9.38. The number of carboxylic acid groups (broad SMARTS) is 1. The van der Waals surface area contributed by atoms with Crippen molar-refractivity contribution >= 4 is 18.0 Å². The Bertz CT molecular complexity index is 512. The second-order valence-electron chi connectivity index (χ2n) is 4.92. The summed E-state index contributed by atoms with van der Waals surface area (Å²) in [5.74, 6) is -1.81. The van der Waals surface area contributed by atoms with E-state index in [4.69, 9.17) is 5.11 Å². The molecule has 0 unspecified atom stereocenters. The van der Waals surface area contributed by atoms with Gasteiger partial charge in [0.1, 0.15) is 11.9 Å². The predicted octanol–water partition coefficient (Wildman–Crippen LogP) is 2.45. The lowest BCUT2D eigenvalue weighted by molar-refractivity contribution is -0.141. The first-order valence-electron chi connectivity index (χ1n) is 6.35. The molecular formula is C15H18FNO3. The number of nitrogens with one attached hydrogen (secondary N) is 1. The van der Waals surface area contributed by atoms with Crippen molar-refractivity contribution in [1.29, 1.82) is 0 Å². The zero-order chi connectivity index (χ0) is 15.1. The molecular weight excluding hydrogens is 261 g/mol. The maximum absolute atomic E-state index is 12.9. The van der Waals surface area contributed by atoms with E-state index in [1.54, 1.807) is 6.07 Å². The number of carbonyl (C=O) groups is 2. The minimum Gasteiger partial charge on any atom is -0.480 e. The van der Waals surface area contributed by atoms with Crippen LogP contribution in [-0.4, -0.2) is 23.0 Å². The van der Waals surface area contributed by atoms with Gasteiger partial charge < -0.3 is 10.4 Å². The number of hydrogen-bond donors (Lipinski definition) is 2. The SMILES string of the molecule is CC(C)C[C@@H](NC(=O)C=Cc1cccc(F)c1)C(=O)O. The quantitative estimate of drug-likeness (QED) is 0.786. The summed E-state index contributed by atoms with van der Waals surface area (Å²) in [6, 6.07) is 4.86. The highest BCUT2D eigenvalue weighted by Gasteiger charge is 2.19. The highest BCUT2D eigenvalue weighted by atomic mass is 19.1. The molecule has 0 aromatic heterocycles. The van der Waals surface area contributed by atoms with Crippen molar-refractivity contribution in [3.63, 3.8) is 0 Å². The van der Waals surface area contributed by atoms with Crippen molar-refractivity contribution in [1.82, 2.24) is 5.32 Å². The lowest BCUT2D eigenvalue weighted by Gasteiger charge is -2.15. The number of aliphatic carboxylic acids is 1. The molecule has 1 aromatic carbocycles. The summed E-state index contributed by atoms with van der Waals surface area (Å²) in [4.78, 5) is 22.6. The van der Waals surface area contributed by atoms with E-state index < -0.39 is 23.7 Å². The first-order valence-corrected chi connectivity index (χ1v) is 6.35. The minimum atomic E-state index is -1.06. The fourth-order valence-electron chi connectivity index (χ4n) is 1.69. The summed E-state index contributed by atoms with van der Waals surface area (Å²) in [6.07, 6.45) is 2.99. The van der Waals surface area contributed by atoms with E-state index in [1.165, 1.54) is 30.4 Å². The average molecular weight is 279 g/mol. The zero-order valence-corrected chi connectivity index (χ0v) is 11.5. The van der Waals surface area contributed by atoms with E-state index in [9.17, 15) is 14.0 Å². The van der Waals surface area contributed by atoms with Crippen LogP contribution in [0.25, 0.3) is 6.08 Å². The van der Waals surface area contributed by atoms with E-state index in [2.05, 4.69) is 5.32 Å². The van der Waals surface area contributed by atoms with Gasteiger partial charge in [0.15, 0.2) is 0 Å². The fraction of sp³-hybridized carbons (Fsp3) is 0.333. The number of amides is 1. The number of hydrogen-bond acceptors (Lipinski definition) is 2. The van der Waals surface area contributed by atoms with Gasteiger partial charge in [-0.2, -0.15) is 0 Å². The van der Waals surface area contributed by atoms with Gasteiger partial charge in [-0.15, -0.1) is 0 Å². The molecule has 0 aliphatic carbocycles. The largest absolute Gasteiger partial charge is 0.480 e. The van der Waals surface area contributed by atoms with Crippen LogP contribution in [0.4, 0.5) is 4.39 Å². The van der Waals surface area contributed by atoms with Crippen molar-refractivity contribution < 1.29 is 19.1 Å². The Morgan fingerprint density at radius 1 is 1.40 bits per heavy atom. The third-order valence-electron chi connectivity index (χ3n) is 2.60. The molecule has 0 aliphatic heterocycles. The molecule has 2 N–H and O–H groups in total. The Morgan fingerprint density at radius 3 is 2.65 bits per heavy atom. The monoisotopic (exact) mass is 279 g/mol. The molecule has 108 valence electrons. The van der Waals surface area contributed by atoms with E-state index in [0.29, 0.717) is 12.0 Å². The van der Waals surface area contributed by atoms with Crippen molar-refractivity contribution in [2.75, 3.05) is 0 Å². The van der Waals surface area contributed by atoms with Crippen LogP contribution in [0.5, 0.6) is 0 Å². The number of halogens is 1. The number of rotatable bonds is 6. The topological polar surface area (TPSA) is 66.4 Å². The molecule has 0 bridgehead atoms. The van der Waals surface area contributed by atoms with Gasteiger partial charge >= 0.3 is 5.97 Å². The molecule has 0 saturated carbocycles. The molecule has 0 fully saturated rings. The van der Waals surface area contributed by atoms with Gasteiger partial charge in [-0.25, -0.2) is 9.18 Å². The molecule has 1 amide bonds. The molecule has 0 saturated heterocycles. The first kappa shape index (κ1) is 15.9. The van der Waals surface area contributed by atoms with Crippen LogP contribution in [0, 0.1) is 11.7 Å². The molecule has 0 aliphatic rings. The number of carboxylic acids is 1. The third-order valence-corrected chi connectivity index (χ3v) is 2.60. The Hall–Kier alpha value is -2.17. The lowest BCUT2D eigenvalue weighted by Crippen LogP contribution is -2.40. The van der Waals surface area contributed by atoms with Gasteiger partial charge in [0.05, 0.1) is 0 Å². The molecule has 20 heavy (non-hydrogen) atoms. The van der Waals surface area contributed by atoms with Crippen LogP contribution in [0.3, 0.4) is 0 Å². The Morgan fingerprint density at radius 2 is 2.10 bits per heavy atom. The van der Waals surface area contributed by atoms with Gasteiger partial charge in [0.2, 0.25) is 5.91 Å². The predicted molar refractivity (Wildman–Crippen MR) is 74.5 cm³/mol. The minimum absolute atomic E-state index is 0.156. The van der Waals surface area contributed by atoms with E-state index >= 15 is 0 Å². The number of carbonyl (C=O) groups excluding carboxylic acids is 1. The summed E-state index contributed by atoms with van der Waals surface area (Å²) >= 11 is 0. The van der Waals surface area contributed by atoms with Crippen LogP contribution < -0.4 is 5.32 Å². The summed E-state index contributed by atoms with van der Waals surface area (Å²) in [6.45, 7) is 3.76. The second-order valence-corrected chi connectivity index (χ2v) is 4.92. The highest BCUT2D eigenvalue weighted by Crippen LogP contribution is 2.07. The van der Waals surface area contributed by atoms with Crippen molar-refractivity contribution in [3.05, 3.63) is 41.7 Å². The van der Waals surface area contributed by atoms with Crippen molar-refractivity contribution in [2.24, 2.45) is 5.92 Å². The summed E-state index contributed by atoms with van der Waals surface area (Å²) < 4.78 is 12.9. The van der Waals surface area contributed by atoms with E-state index in [-0.39, 0.29) is 5.92 Å². The molecule has 0 heterocycles. The van der Waals surface area contributed by atoms with Gasteiger partial charge in [-0.1, -0.05) is 26.0 Å². The Kier molecular flexibility index (Phi) is 5.90. The normalized spacial score (nSPS) is 12.6. The molecule has 4 nitrogen and oxygen atoms in total. The van der Waals surface area contributed by atoms with Crippen molar-refractivity contribution in [2.45, 2.75) is 26.3 Å². The van der Waals surface area contributed by atoms with E-state index in [0.717, 1.165) is 0 Å². The maximum atomic E-state index is 12.9. The molecule has 1 aromatic rings. The second kappa shape index (κ2) is 7.43. The molecule has 0 radical (unpaired) electrons. The molecule has 1 rings (SSSR count). The Labute approximate surface area is 117 Å². The van der Waals surface area contributed by atoms with Gasteiger partial charge in [-0.05, 0) is 36.1 Å². The maximum Gasteiger partial charge on any atom is 0.326 e. The van der Waals surface area contributed by atoms with Crippen LogP contribution in [0.2, 0.25) is 0 Å². The summed E-state index contributed by atoms with van der Waals surface area (Å²) in [7, 11) is 0. The molecule has 5 heteroatoms. The van der Waals surface area contributed by atoms with Gasteiger partial charge in [-0.3, -0.25) is 4.79 Å². The standard InChI is InChI=1S/C15H18FNO3/c1-10(2)8-13(15(19)20)17-14(18)7-6-11-4-3-5-12(16)9-11/h3-7,9-10,13H,8H2,1-2H3,(H,17,18)(H,19,20)/t13-/m1/s1. The Balaban J connectivity index is 2.63. The van der Waals surface area contributed by atoms with E-state index in [1.807, 2.05) is 13.8 Å². The molecule has 1 atom stereocenters. The van der Waals surface area contributed by atoms with Crippen LogP contribution in [0.1, 0.15) is 25.8 Å². The third kappa shape index (κ3) is 5.65. The number of benzene rings is 1. The fourth-order valence-corrected chi connectivity index (χ4v) is 1.69. The van der Waals surface area contributed by atoms with Crippen LogP contribution in [-0.2, 0) is 9.59 Å².